The molecule has 0 atom stereocenters. The molecule has 0 unspecified atom stereocenters. The molecule has 4 nitrogen and oxygen atoms in total. The van der Waals surface area contributed by atoms with Crippen molar-refractivity contribution in [3.63, 3.8) is 0 Å². The Morgan fingerprint density at radius 3 is 1.55 bits per heavy atom. The average Bonchev–Trinajstić information content (AvgIpc) is 2.89. The summed E-state index contributed by atoms with van der Waals surface area (Å²) in [4.78, 5) is 13.0. The predicted molar refractivity (Wildman–Crippen MR) is 156 cm³/mol. The van der Waals surface area contributed by atoms with Gasteiger partial charge in [0.2, 0.25) is 5.91 Å². The van der Waals surface area contributed by atoms with E-state index in [1.54, 1.807) is 0 Å². The van der Waals surface area contributed by atoms with Crippen molar-refractivity contribution in [1.29, 1.82) is 0 Å². The molecule has 1 saturated heterocycles. The van der Waals surface area contributed by atoms with Crippen molar-refractivity contribution in [2.45, 2.75) is 76.9 Å². The molecule has 1 aliphatic heterocycles. The highest BCUT2D eigenvalue weighted by molar-refractivity contribution is 7.95. The average molecular weight is 597 g/mol. The minimum absolute atomic E-state index is 0. The third-order valence-electron chi connectivity index (χ3n) is 7.69. The summed E-state index contributed by atoms with van der Waals surface area (Å²) < 4.78 is 0. The SMILES string of the molecule is CC1(C)CC(NC(=O)CCCC[P+](c2ccccc2)(c2ccccc2)c2ccccc2)CC(C)(C)N1[O].[Br-]. The lowest BCUT2D eigenvalue weighted by Crippen LogP contribution is -3.00. The van der Waals surface area contributed by atoms with Gasteiger partial charge in [0.1, 0.15) is 23.2 Å². The standard InChI is InChI=1S/C32H40N2O2P.BrH/c1-31(2)24-26(25-32(3,4)34(31)36)33-30(35)22-14-15-23-37(27-16-8-5-9-17-27,28-18-10-6-11-19-28)29-20-12-7-13-21-29;/h5-13,16-21,26H,14-15,22-25H2,1-4H3;1H. The Morgan fingerprint density at radius 1 is 0.763 bits per heavy atom. The lowest BCUT2D eigenvalue weighted by Gasteiger charge is -2.50. The number of rotatable bonds is 9. The summed E-state index contributed by atoms with van der Waals surface area (Å²) in [7, 11) is -1.86. The molecular formula is C32H41BrN2O2P. The monoisotopic (exact) mass is 595 g/mol. The molecule has 1 amide bonds. The minimum Gasteiger partial charge on any atom is -1.00 e. The number of carbonyl (C=O) groups is 1. The molecule has 1 N–H and O–H groups in total. The molecular weight excluding hydrogens is 555 g/mol. The molecule has 3 aromatic rings. The van der Waals surface area contributed by atoms with Gasteiger partial charge >= 0.3 is 0 Å². The van der Waals surface area contributed by atoms with Gasteiger partial charge in [-0.1, -0.05) is 54.6 Å². The molecule has 0 saturated carbocycles. The number of hydrogen-bond donors (Lipinski definition) is 1. The van der Waals surface area contributed by atoms with Gasteiger partial charge in [-0.25, -0.2) is 0 Å². The zero-order chi connectivity index (χ0) is 26.5. The number of hydroxylamine groups is 2. The van der Waals surface area contributed by atoms with Gasteiger partial charge in [-0.2, -0.15) is 0 Å². The molecule has 0 aromatic heterocycles. The van der Waals surface area contributed by atoms with Crippen molar-refractivity contribution < 1.29 is 27.0 Å². The lowest BCUT2D eigenvalue weighted by atomic mass is 9.79. The van der Waals surface area contributed by atoms with Crippen LogP contribution in [0.1, 0.15) is 59.8 Å². The molecule has 4 rings (SSSR count). The number of benzene rings is 3. The molecule has 1 fully saturated rings. The first-order chi connectivity index (χ1) is 17.6. The quantitative estimate of drug-likeness (QED) is 0.305. The van der Waals surface area contributed by atoms with Crippen LogP contribution in [0.5, 0.6) is 0 Å². The number of nitrogens with zero attached hydrogens (tertiary/aromatic N) is 1. The first kappa shape index (κ1) is 30.5. The summed E-state index contributed by atoms with van der Waals surface area (Å²) in [5.74, 6) is 0.0963. The second kappa shape index (κ2) is 12.9. The molecule has 1 heterocycles. The third kappa shape index (κ3) is 6.74. The number of nitrogens with one attached hydrogen (secondary N) is 1. The number of piperidine rings is 1. The molecule has 203 valence electrons. The number of amides is 1. The van der Waals surface area contributed by atoms with Crippen LogP contribution in [0, 0.1) is 0 Å². The Labute approximate surface area is 239 Å². The molecule has 38 heavy (non-hydrogen) atoms. The zero-order valence-corrected chi connectivity index (χ0v) is 25.5. The molecule has 0 spiro atoms. The van der Waals surface area contributed by atoms with Gasteiger partial charge in [0.25, 0.3) is 0 Å². The van der Waals surface area contributed by atoms with Gasteiger partial charge in [-0.15, -0.1) is 10.3 Å². The van der Waals surface area contributed by atoms with Gasteiger partial charge in [-0.05, 0) is 89.8 Å². The maximum atomic E-state index is 13.0. The van der Waals surface area contributed by atoms with Gasteiger partial charge in [0.05, 0.1) is 6.16 Å². The van der Waals surface area contributed by atoms with Crippen molar-refractivity contribution in [3.05, 3.63) is 91.0 Å². The summed E-state index contributed by atoms with van der Waals surface area (Å²) in [6.07, 6.45) is 4.69. The van der Waals surface area contributed by atoms with E-state index in [1.165, 1.54) is 21.0 Å². The van der Waals surface area contributed by atoms with Gasteiger partial charge in [0.15, 0.2) is 0 Å². The first-order valence-electron chi connectivity index (χ1n) is 13.5. The topological polar surface area (TPSA) is 52.2 Å². The highest BCUT2D eigenvalue weighted by Crippen LogP contribution is 2.56. The van der Waals surface area contributed by atoms with Crippen molar-refractivity contribution in [1.82, 2.24) is 10.4 Å². The molecule has 1 radical (unpaired) electrons. The van der Waals surface area contributed by atoms with E-state index < -0.39 is 18.3 Å². The van der Waals surface area contributed by atoms with Crippen LogP contribution in [0.4, 0.5) is 0 Å². The molecule has 0 bridgehead atoms. The van der Waals surface area contributed by atoms with Crippen molar-refractivity contribution in [3.8, 4) is 0 Å². The Kier molecular flexibility index (Phi) is 10.3. The summed E-state index contributed by atoms with van der Waals surface area (Å²) >= 11 is 0. The zero-order valence-electron chi connectivity index (χ0n) is 23.1. The van der Waals surface area contributed by atoms with Crippen LogP contribution in [0.15, 0.2) is 91.0 Å². The van der Waals surface area contributed by atoms with Crippen LogP contribution in [-0.4, -0.2) is 34.3 Å². The van der Waals surface area contributed by atoms with Gasteiger partial charge < -0.3 is 22.3 Å². The van der Waals surface area contributed by atoms with Crippen LogP contribution in [0.2, 0.25) is 0 Å². The fourth-order valence-corrected chi connectivity index (χ4v) is 10.6. The summed E-state index contributed by atoms with van der Waals surface area (Å²) in [5, 5.41) is 21.3. The van der Waals surface area contributed by atoms with Gasteiger partial charge in [-0.3, -0.25) is 4.79 Å². The first-order valence-corrected chi connectivity index (χ1v) is 15.4. The normalized spacial score (nSPS) is 17.4. The highest BCUT2D eigenvalue weighted by Gasteiger charge is 2.47. The van der Waals surface area contributed by atoms with E-state index in [4.69, 9.17) is 0 Å². The minimum atomic E-state index is -1.86. The van der Waals surface area contributed by atoms with Crippen LogP contribution >= 0.6 is 7.26 Å². The van der Waals surface area contributed by atoms with Crippen LogP contribution in [0.3, 0.4) is 0 Å². The van der Waals surface area contributed by atoms with Crippen LogP contribution in [0.25, 0.3) is 0 Å². The van der Waals surface area contributed by atoms with Crippen molar-refractivity contribution >= 4 is 29.1 Å². The Balaban J connectivity index is 0.00000400. The third-order valence-corrected chi connectivity index (χ3v) is 12.2. The predicted octanol–water partition coefficient (Wildman–Crippen LogP) is 2.64. The molecule has 1 aliphatic rings. The smallest absolute Gasteiger partial charge is 0.220 e. The van der Waals surface area contributed by atoms with E-state index in [1.807, 2.05) is 27.7 Å². The summed E-state index contributed by atoms with van der Waals surface area (Å²) in [6.45, 7) is 7.89. The number of hydrogen-bond acceptors (Lipinski definition) is 2. The highest BCUT2D eigenvalue weighted by atomic mass is 79.9. The van der Waals surface area contributed by atoms with Crippen LogP contribution in [-0.2, 0) is 10.0 Å². The van der Waals surface area contributed by atoms with Crippen molar-refractivity contribution in [2.24, 2.45) is 0 Å². The van der Waals surface area contributed by atoms with E-state index >= 15 is 0 Å². The van der Waals surface area contributed by atoms with E-state index in [2.05, 4.69) is 96.3 Å². The van der Waals surface area contributed by atoms with Crippen LogP contribution < -0.4 is 38.2 Å². The molecule has 3 aromatic carbocycles. The van der Waals surface area contributed by atoms with Crippen molar-refractivity contribution in [2.75, 3.05) is 6.16 Å². The fraction of sp³-hybridized carbons (Fsp3) is 0.406. The van der Waals surface area contributed by atoms with E-state index in [9.17, 15) is 10.0 Å². The Bertz CT molecular complexity index is 1040. The molecule has 0 aliphatic carbocycles. The maximum absolute atomic E-state index is 13.0. The fourth-order valence-electron chi connectivity index (χ4n) is 6.18. The second-order valence-electron chi connectivity index (χ2n) is 11.6. The summed E-state index contributed by atoms with van der Waals surface area (Å²) in [5.41, 5.74) is -0.963. The van der Waals surface area contributed by atoms with E-state index in [0.29, 0.717) is 19.3 Å². The summed E-state index contributed by atoms with van der Waals surface area (Å²) in [6, 6.07) is 32.7. The Morgan fingerprint density at radius 2 is 1.16 bits per heavy atom. The Hall–Kier alpha value is -2.04. The van der Waals surface area contributed by atoms with E-state index in [-0.39, 0.29) is 28.9 Å². The molecule has 6 heteroatoms. The number of unbranched alkanes of at least 4 members (excludes halogenated alkanes) is 1. The number of carbonyl (C=O) groups excluding carboxylic acids is 1. The lowest BCUT2D eigenvalue weighted by molar-refractivity contribution is -0.290. The number of halogens is 1. The van der Waals surface area contributed by atoms with Gasteiger partial charge in [0, 0.05) is 23.5 Å². The van der Waals surface area contributed by atoms with E-state index in [0.717, 1.165) is 19.0 Å². The second-order valence-corrected chi connectivity index (χ2v) is 15.2. The largest absolute Gasteiger partial charge is 1.00 e. The maximum Gasteiger partial charge on any atom is 0.220 e.